The van der Waals surface area contributed by atoms with E-state index in [0.717, 1.165) is 23.8 Å². The van der Waals surface area contributed by atoms with E-state index in [4.69, 9.17) is 10.5 Å². The SMILES string of the molecule is C=CCNC(N)=NCc1ccccc1OCC1CC1. The van der Waals surface area contributed by atoms with Gasteiger partial charge in [-0.3, -0.25) is 0 Å². The molecule has 19 heavy (non-hydrogen) atoms. The van der Waals surface area contributed by atoms with E-state index >= 15 is 0 Å². The Hall–Kier alpha value is -1.97. The molecule has 0 aromatic heterocycles. The molecule has 3 N–H and O–H groups in total. The first-order chi connectivity index (χ1) is 9.29. The Kier molecular flexibility index (Phi) is 4.84. The van der Waals surface area contributed by atoms with Crippen LogP contribution in [0.3, 0.4) is 0 Å². The van der Waals surface area contributed by atoms with Gasteiger partial charge in [0.05, 0.1) is 13.2 Å². The summed E-state index contributed by atoms with van der Waals surface area (Å²) in [6, 6.07) is 7.98. The molecular formula is C15H21N3O. The van der Waals surface area contributed by atoms with E-state index in [1.807, 2.05) is 24.3 Å². The predicted molar refractivity (Wildman–Crippen MR) is 78.2 cm³/mol. The molecule has 102 valence electrons. The molecule has 4 nitrogen and oxygen atoms in total. The molecule has 0 saturated heterocycles. The van der Waals surface area contributed by atoms with Crippen molar-refractivity contribution in [3.05, 3.63) is 42.5 Å². The van der Waals surface area contributed by atoms with E-state index in [0.29, 0.717) is 19.0 Å². The number of para-hydroxylation sites is 1. The van der Waals surface area contributed by atoms with Crippen LogP contribution in [0.2, 0.25) is 0 Å². The molecule has 0 radical (unpaired) electrons. The summed E-state index contributed by atoms with van der Waals surface area (Å²) in [6.45, 7) is 5.57. The average molecular weight is 259 g/mol. The van der Waals surface area contributed by atoms with Crippen molar-refractivity contribution in [1.82, 2.24) is 5.32 Å². The van der Waals surface area contributed by atoms with E-state index < -0.39 is 0 Å². The van der Waals surface area contributed by atoms with Gasteiger partial charge in [-0.1, -0.05) is 24.3 Å². The molecule has 0 aliphatic heterocycles. The first-order valence-electron chi connectivity index (χ1n) is 6.65. The smallest absolute Gasteiger partial charge is 0.189 e. The molecule has 0 atom stereocenters. The quantitative estimate of drug-likeness (QED) is 0.448. The summed E-state index contributed by atoms with van der Waals surface area (Å²) in [5, 5.41) is 2.95. The van der Waals surface area contributed by atoms with Crippen LogP contribution in [-0.2, 0) is 6.54 Å². The summed E-state index contributed by atoms with van der Waals surface area (Å²) in [4.78, 5) is 4.29. The molecule has 0 heterocycles. The van der Waals surface area contributed by atoms with Crippen molar-refractivity contribution in [3.63, 3.8) is 0 Å². The fraction of sp³-hybridized carbons (Fsp3) is 0.400. The number of guanidine groups is 1. The second-order valence-corrected chi connectivity index (χ2v) is 4.73. The molecule has 1 aromatic carbocycles. The molecule has 0 unspecified atom stereocenters. The number of nitrogens with one attached hydrogen (secondary N) is 1. The van der Waals surface area contributed by atoms with Crippen molar-refractivity contribution in [2.24, 2.45) is 16.6 Å². The largest absolute Gasteiger partial charge is 0.493 e. The maximum atomic E-state index is 5.83. The van der Waals surface area contributed by atoms with Crippen molar-refractivity contribution in [3.8, 4) is 5.75 Å². The molecule has 2 rings (SSSR count). The van der Waals surface area contributed by atoms with Gasteiger partial charge in [0.25, 0.3) is 0 Å². The van der Waals surface area contributed by atoms with Crippen LogP contribution in [0.5, 0.6) is 5.75 Å². The fourth-order valence-electron chi connectivity index (χ4n) is 1.67. The second kappa shape index (κ2) is 6.83. The Balaban J connectivity index is 1.92. The van der Waals surface area contributed by atoms with Gasteiger partial charge in [-0.15, -0.1) is 6.58 Å². The number of ether oxygens (including phenoxy) is 1. The van der Waals surface area contributed by atoms with Gasteiger partial charge in [0.15, 0.2) is 5.96 Å². The highest BCUT2D eigenvalue weighted by Gasteiger charge is 2.22. The van der Waals surface area contributed by atoms with Gasteiger partial charge >= 0.3 is 0 Å². The molecule has 1 aromatic rings. The van der Waals surface area contributed by atoms with Gasteiger partial charge in [-0.25, -0.2) is 4.99 Å². The molecular weight excluding hydrogens is 238 g/mol. The van der Waals surface area contributed by atoms with Crippen LogP contribution in [0.25, 0.3) is 0 Å². The standard InChI is InChI=1S/C15H21N3O/c1-2-9-17-15(16)18-10-13-5-3-4-6-14(13)19-11-12-7-8-12/h2-6,12H,1,7-11H2,(H3,16,17,18). The molecule has 1 fully saturated rings. The van der Waals surface area contributed by atoms with E-state index in [2.05, 4.69) is 16.9 Å². The molecule has 0 bridgehead atoms. The Morgan fingerprint density at radius 3 is 3.00 bits per heavy atom. The lowest BCUT2D eigenvalue weighted by Gasteiger charge is -2.10. The zero-order valence-corrected chi connectivity index (χ0v) is 11.1. The molecule has 1 saturated carbocycles. The van der Waals surface area contributed by atoms with Gasteiger partial charge in [-0.2, -0.15) is 0 Å². The Bertz CT molecular complexity index is 452. The average Bonchev–Trinajstić information content (AvgIpc) is 3.25. The monoisotopic (exact) mass is 259 g/mol. The highest BCUT2D eigenvalue weighted by molar-refractivity contribution is 5.77. The lowest BCUT2D eigenvalue weighted by atomic mass is 10.2. The lowest BCUT2D eigenvalue weighted by molar-refractivity contribution is 0.297. The minimum Gasteiger partial charge on any atom is -0.493 e. The summed E-state index contributed by atoms with van der Waals surface area (Å²) in [7, 11) is 0. The molecule has 0 spiro atoms. The van der Waals surface area contributed by atoms with Crippen molar-refractivity contribution in [1.29, 1.82) is 0 Å². The third kappa shape index (κ3) is 4.66. The van der Waals surface area contributed by atoms with Crippen LogP contribution in [0, 0.1) is 5.92 Å². The summed E-state index contributed by atoms with van der Waals surface area (Å²) >= 11 is 0. The zero-order chi connectivity index (χ0) is 13.5. The first-order valence-corrected chi connectivity index (χ1v) is 6.65. The topological polar surface area (TPSA) is 59.6 Å². The van der Waals surface area contributed by atoms with Gasteiger partial charge in [0.1, 0.15) is 5.75 Å². The summed E-state index contributed by atoms with van der Waals surface area (Å²) in [6.07, 6.45) is 4.33. The minimum absolute atomic E-state index is 0.428. The lowest BCUT2D eigenvalue weighted by Crippen LogP contribution is -2.31. The van der Waals surface area contributed by atoms with E-state index in [1.165, 1.54) is 12.8 Å². The van der Waals surface area contributed by atoms with E-state index in [-0.39, 0.29) is 0 Å². The summed E-state index contributed by atoms with van der Waals surface area (Å²) in [5.74, 6) is 2.09. The van der Waals surface area contributed by atoms with Crippen LogP contribution in [0.15, 0.2) is 41.9 Å². The zero-order valence-electron chi connectivity index (χ0n) is 11.1. The summed E-state index contributed by atoms with van der Waals surface area (Å²) < 4.78 is 5.83. The number of nitrogens with zero attached hydrogens (tertiary/aromatic N) is 1. The molecule has 0 amide bonds. The number of aliphatic imine (C=N–C) groups is 1. The number of benzene rings is 1. The fourth-order valence-corrected chi connectivity index (χ4v) is 1.67. The van der Waals surface area contributed by atoms with E-state index in [1.54, 1.807) is 6.08 Å². The molecule has 1 aliphatic carbocycles. The molecule has 1 aliphatic rings. The minimum atomic E-state index is 0.428. The van der Waals surface area contributed by atoms with E-state index in [9.17, 15) is 0 Å². The van der Waals surface area contributed by atoms with Gasteiger partial charge in [-0.05, 0) is 24.8 Å². The number of rotatable bonds is 7. The predicted octanol–water partition coefficient (Wildman–Crippen LogP) is 2.07. The van der Waals surface area contributed by atoms with Crippen molar-refractivity contribution in [2.75, 3.05) is 13.2 Å². The van der Waals surface area contributed by atoms with Crippen molar-refractivity contribution < 1.29 is 4.74 Å². The highest BCUT2D eigenvalue weighted by atomic mass is 16.5. The highest BCUT2D eigenvalue weighted by Crippen LogP contribution is 2.30. The number of hydrogen-bond acceptors (Lipinski definition) is 2. The first kappa shape index (κ1) is 13.5. The number of hydrogen-bond donors (Lipinski definition) is 2. The van der Waals surface area contributed by atoms with Crippen LogP contribution in [0.4, 0.5) is 0 Å². The third-order valence-electron chi connectivity index (χ3n) is 2.99. The maximum Gasteiger partial charge on any atom is 0.189 e. The van der Waals surface area contributed by atoms with Crippen LogP contribution in [0.1, 0.15) is 18.4 Å². The van der Waals surface area contributed by atoms with Gasteiger partial charge < -0.3 is 15.8 Å². The normalized spacial score (nSPS) is 15.1. The van der Waals surface area contributed by atoms with Crippen LogP contribution < -0.4 is 15.8 Å². The van der Waals surface area contributed by atoms with Crippen molar-refractivity contribution in [2.45, 2.75) is 19.4 Å². The van der Waals surface area contributed by atoms with Crippen LogP contribution >= 0.6 is 0 Å². The van der Waals surface area contributed by atoms with Crippen molar-refractivity contribution >= 4 is 5.96 Å². The summed E-state index contributed by atoms with van der Waals surface area (Å²) in [5.41, 5.74) is 6.80. The van der Waals surface area contributed by atoms with Crippen LogP contribution in [-0.4, -0.2) is 19.1 Å². The Morgan fingerprint density at radius 1 is 1.47 bits per heavy atom. The Morgan fingerprint density at radius 2 is 2.26 bits per heavy atom. The van der Waals surface area contributed by atoms with Gasteiger partial charge in [0, 0.05) is 12.1 Å². The van der Waals surface area contributed by atoms with Gasteiger partial charge in [0.2, 0.25) is 0 Å². The second-order valence-electron chi connectivity index (χ2n) is 4.73. The molecule has 4 heteroatoms. The Labute approximate surface area is 114 Å². The maximum absolute atomic E-state index is 5.83. The third-order valence-corrected chi connectivity index (χ3v) is 2.99. The number of nitrogens with two attached hydrogens (primary N) is 1.